The van der Waals surface area contributed by atoms with Crippen LogP contribution in [0, 0.1) is 19.8 Å². The summed E-state index contributed by atoms with van der Waals surface area (Å²) >= 11 is 4.03. The zero-order valence-electron chi connectivity index (χ0n) is 19.0. The summed E-state index contributed by atoms with van der Waals surface area (Å²) in [6.45, 7) is 9.03. The lowest BCUT2D eigenvalue weighted by molar-refractivity contribution is -0.114. The summed E-state index contributed by atoms with van der Waals surface area (Å²) in [4.78, 5) is 27.1. The maximum Gasteiger partial charge on any atom is 0.189 e. The smallest absolute Gasteiger partial charge is 0.189 e. The normalized spacial score (nSPS) is 13.5. The summed E-state index contributed by atoms with van der Waals surface area (Å²) < 4.78 is 0. The van der Waals surface area contributed by atoms with Gasteiger partial charge in [0.1, 0.15) is 0 Å². The van der Waals surface area contributed by atoms with Gasteiger partial charge in [-0.15, -0.1) is 12.6 Å². The zero-order chi connectivity index (χ0) is 23.0. The van der Waals surface area contributed by atoms with Gasteiger partial charge in [0.15, 0.2) is 10.9 Å². The minimum Gasteiger partial charge on any atom is -0.367 e. The van der Waals surface area contributed by atoms with Gasteiger partial charge in [-0.25, -0.2) is 0 Å². The van der Waals surface area contributed by atoms with Crippen LogP contribution in [0.25, 0.3) is 5.57 Å². The van der Waals surface area contributed by atoms with Crippen molar-refractivity contribution in [1.82, 2.24) is 4.90 Å². The van der Waals surface area contributed by atoms with Crippen molar-refractivity contribution in [2.75, 3.05) is 13.1 Å². The maximum absolute atomic E-state index is 13.2. The Labute approximate surface area is 191 Å². The Balaban J connectivity index is 2.30. The predicted molar refractivity (Wildman–Crippen MR) is 132 cm³/mol. The molecule has 0 saturated heterocycles. The number of hydrogen-bond acceptors (Lipinski definition) is 4. The number of ketones is 1. The Bertz CT molecular complexity index is 904. The van der Waals surface area contributed by atoms with Gasteiger partial charge in [0.25, 0.3) is 0 Å². The standard InChI is InChI=1S/C26H34N2O2S/c1-18-5-9-22(10-6-18)20(3)17-28(16-14-24(13-15-27)26(30)31)21(4)25(29)23-11-7-19(2)8-12-23/h5-12,17,21,24H,13-16,27H2,1-4H3,(H,30,31)/b20-17+. The Morgan fingerprint density at radius 3 is 1.97 bits per heavy atom. The largest absolute Gasteiger partial charge is 0.367 e. The fourth-order valence-corrected chi connectivity index (χ4v) is 3.77. The second kappa shape index (κ2) is 11.9. The molecule has 166 valence electrons. The molecule has 0 spiro atoms. The summed E-state index contributed by atoms with van der Waals surface area (Å²) in [5, 5.41) is -0.151. The van der Waals surface area contributed by atoms with E-state index in [2.05, 4.69) is 43.8 Å². The first-order chi connectivity index (χ1) is 14.7. The summed E-state index contributed by atoms with van der Waals surface area (Å²) in [6.07, 6.45) is 3.23. The molecule has 0 aliphatic carbocycles. The highest BCUT2D eigenvalue weighted by Gasteiger charge is 2.23. The second-order valence-corrected chi connectivity index (χ2v) is 8.66. The number of rotatable bonds is 11. The first-order valence-corrected chi connectivity index (χ1v) is 11.2. The summed E-state index contributed by atoms with van der Waals surface area (Å²) in [5.41, 5.74) is 10.9. The average molecular weight is 439 g/mol. The van der Waals surface area contributed by atoms with Crippen LogP contribution in [0.1, 0.15) is 53.7 Å². The molecule has 0 fully saturated rings. The van der Waals surface area contributed by atoms with E-state index in [4.69, 9.17) is 5.73 Å². The fourth-order valence-electron chi connectivity index (χ4n) is 3.52. The molecule has 2 atom stereocenters. The third kappa shape index (κ3) is 7.37. The maximum atomic E-state index is 13.2. The van der Waals surface area contributed by atoms with E-state index in [9.17, 15) is 9.59 Å². The van der Waals surface area contributed by atoms with Crippen LogP contribution in [-0.4, -0.2) is 34.9 Å². The second-order valence-electron chi connectivity index (χ2n) is 8.22. The van der Waals surface area contributed by atoms with E-state index in [1.165, 1.54) is 5.56 Å². The van der Waals surface area contributed by atoms with Crippen LogP contribution in [-0.2, 0) is 4.79 Å². The summed E-state index contributed by atoms with van der Waals surface area (Å²) in [7, 11) is 0. The minimum atomic E-state index is -0.364. The van der Waals surface area contributed by atoms with E-state index in [-0.39, 0.29) is 22.9 Å². The highest BCUT2D eigenvalue weighted by molar-refractivity contribution is 7.96. The molecule has 4 nitrogen and oxygen atoms in total. The zero-order valence-corrected chi connectivity index (χ0v) is 19.9. The predicted octanol–water partition coefficient (Wildman–Crippen LogP) is 5.05. The minimum absolute atomic E-state index is 0.0560. The number of nitrogens with zero attached hydrogens (tertiary/aromatic N) is 1. The molecule has 0 heterocycles. The van der Waals surface area contributed by atoms with Crippen molar-refractivity contribution in [2.24, 2.45) is 11.7 Å². The van der Waals surface area contributed by atoms with Crippen molar-refractivity contribution in [1.29, 1.82) is 0 Å². The van der Waals surface area contributed by atoms with Crippen LogP contribution in [0.5, 0.6) is 0 Å². The van der Waals surface area contributed by atoms with Crippen molar-refractivity contribution in [3.05, 3.63) is 77.0 Å². The third-order valence-corrected chi connectivity index (χ3v) is 6.04. The molecule has 2 aromatic rings. The van der Waals surface area contributed by atoms with E-state index in [0.29, 0.717) is 31.5 Å². The van der Waals surface area contributed by atoms with Gasteiger partial charge in [-0.05, 0) is 58.2 Å². The molecule has 0 amide bonds. The van der Waals surface area contributed by atoms with Crippen LogP contribution in [0.4, 0.5) is 0 Å². The van der Waals surface area contributed by atoms with Crippen molar-refractivity contribution in [2.45, 2.75) is 46.6 Å². The van der Waals surface area contributed by atoms with E-state index < -0.39 is 0 Å². The third-order valence-electron chi connectivity index (χ3n) is 5.68. The molecule has 2 N–H and O–H groups in total. The highest BCUT2D eigenvalue weighted by atomic mass is 32.1. The Morgan fingerprint density at radius 1 is 0.968 bits per heavy atom. The quantitative estimate of drug-likeness (QED) is 0.381. The number of carbonyl (C=O) groups is 2. The van der Waals surface area contributed by atoms with Crippen LogP contribution in [0.2, 0.25) is 0 Å². The molecule has 0 radical (unpaired) electrons. The first-order valence-electron chi connectivity index (χ1n) is 10.8. The number of hydrogen-bond donors (Lipinski definition) is 2. The molecule has 0 saturated carbocycles. The SMILES string of the molecule is C/C(=C\N(CCC(CCN)C(=O)S)C(C)C(=O)c1ccc(C)cc1)c1ccc(C)cc1. The molecule has 0 aliphatic heterocycles. The Morgan fingerprint density at radius 2 is 1.48 bits per heavy atom. The summed E-state index contributed by atoms with van der Waals surface area (Å²) in [6, 6.07) is 15.6. The van der Waals surface area contributed by atoms with Gasteiger partial charge < -0.3 is 10.6 Å². The lowest BCUT2D eigenvalue weighted by Crippen LogP contribution is -2.37. The van der Waals surface area contributed by atoms with Gasteiger partial charge in [-0.1, -0.05) is 59.7 Å². The topological polar surface area (TPSA) is 63.4 Å². The Hall–Kier alpha value is -2.37. The van der Waals surface area contributed by atoms with Gasteiger partial charge in [0.2, 0.25) is 0 Å². The van der Waals surface area contributed by atoms with Crippen LogP contribution in [0.15, 0.2) is 54.7 Å². The number of nitrogens with two attached hydrogens (primary N) is 1. The molecule has 0 aromatic heterocycles. The van der Waals surface area contributed by atoms with Crippen molar-refractivity contribution < 1.29 is 9.59 Å². The van der Waals surface area contributed by atoms with Crippen LogP contribution < -0.4 is 5.73 Å². The van der Waals surface area contributed by atoms with Crippen molar-refractivity contribution in [3.8, 4) is 0 Å². The van der Waals surface area contributed by atoms with E-state index in [1.807, 2.05) is 56.1 Å². The number of thiol groups is 1. The first kappa shape index (κ1) is 24.9. The molecule has 2 aromatic carbocycles. The molecule has 31 heavy (non-hydrogen) atoms. The van der Waals surface area contributed by atoms with Crippen LogP contribution in [0.3, 0.4) is 0 Å². The molecule has 2 unspecified atom stereocenters. The molecule has 0 aliphatic rings. The molecule has 0 bridgehead atoms. The van der Waals surface area contributed by atoms with E-state index >= 15 is 0 Å². The number of benzene rings is 2. The van der Waals surface area contributed by atoms with Gasteiger partial charge >= 0.3 is 0 Å². The van der Waals surface area contributed by atoms with Crippen LogP contribution >= 0.6 is 12.6 Å². The van der Waals surface area contributed by atoms with Crippen molar-refractivity contribution >= 4 is 29.1 Å². The number of aryl methyl sites for hydroxylation is 2. The number of Topliss-reactive ketones (excluding diaryl/α,β-unsaturated/α-hetero) is 1. The Kier molecular flexibility index (Phi) is 9.53. The molecular formula is C26H34N2O2S. The van der Waals surface area contributed by atoms with Gasteiger partial charge in [0, 0.05) is 24.2 Å². The van der Waals surface area contributed by atoms with Crippen molar-refractivity contribution in [3.63, 3.8) is 0 Å². The highest BCUT2D eigenvalue weighted by Crippen LogP contribution is 2.21. The fraction of sp³-hybridized carbons (Fsp3) is 0.385. The molecule has 5 heteroatoms. The molecule has 2 rings (SSSR count). The van der Waals surface area contributed by atoms with Gasteiger partial charge in [-0.2, -0.15) is 0 Å². The molecular weight excluding hydrogens is 404 g/mol. The lowest BCUT2D eigenvalue weighted by Gasteiger charge is -2.29. The van der Waals surface area contributed by atoms with Gasteiger partial charge in [0.05, 0.1) is 6.04 Å². The lowest BCUT2D eigenvalue weighted by atomic mass is 9.99. The summed E-state index contributed by atoms with van der Waals surface area (Å²) in [5.74, 6) is -0.161. The van der Waals surface area contributed by atoms with E-state index in [0.717, 1.165) is 16.7 Å². The van der Waals surface area contributed by atoms with E-state index in [1.54, 1.807) is 0 Å². The number of allylic oxidation sites excluding steroid dienone is 1. The average Bonchev–Trinajstić information content (AvgIpc) is 2.75. The van der Waals surface area contributed by atoms with Gasteiger partial charge in [-0.3, -0.25) is 9.59 Å². The monoisotopic (exact) mass is 438 g/mol. The number of carbonyl (C=O) groups excluding carboxylic acids is 2.